The fourth-order valence-electron chi connectivity index (χ4n) is 2.84. The first-order valence-corrected chi connectivity index (χ1v) is 8.90. The molecule has 26 heavy (non-hydrogen) atoms. The van der Waals surface area contributed by atoms with Gasteiger partial charge < -0.3 is 20.1 Å². The quantitative estimate of drug-likeness (QED) is 0.793. The van der Waals surface area contributed by atoms with Crippen molar-refractivity contribution in [3.05, 3.63) is 41.9 Å². The number of carbonyl (C=O) groups excluding carboxylic acids is 1. The molecule has 0 saturated carbocycles. The molecule has 7 nitrogen and oxygen atoms in total. The lowest BCUT2D eigenvalue weighted by Crippen LogP contribution is -2.32. The number of aryl methyl sites for hydroxylation is 1. The lowest BCUT2D eigenvalue weighted by molar-refractivity contribution is 0.0853. The number of aromatic nitrogens is 2. The summed E-state index contributed by atoms with van der Waals surface area (Å²) in [5.74, 6) is 1.57. The molecule has 1 unspecified atom stereocenters. The minimum atomic E-state index is -0.229. The maximum absolute atomic E-state index is 12.4. The summed E-state index contributed by atoms with van der Waals surface area (Å²) < 4.78 is 11.1. The van der Waals surface area contributed by atoms with Crippen LogP contribution >= 0.6 is 0 Å². The molecule has 0 spiro atoms. The smallest absolute Gasteiger partial charge is 0.270 e. The zero-order chi connectivity index (χ0) is 18.4. The van der Waals surface area contributed by atoms with Crippen LogP contribution in [0.25, 0.3) is 0 Å². The molecule has 2 aromatic rings. The number of para-hydroxylation sites is 2. The van der Waals surface area contributed by atoms with Crippen LogP contribution in [0.4, 0.5) is 11.5 Å². The van der Waals surface area contributed by atoms with E-state index in [0.717, 1.165) is 30.9 Å². The van der Waals surface area contributed by atoms with Gasteiger partial charge in [-0.05, 0) is 38.8 Å². The normalized spacial score (nSPS) is 16.3. The van der Waals surface area contributed by atoms with Gasteiger partial charge in [-0.2, -0.15) is 0 Å². The van der Waals surface area contributed by atoms with Gasteiger partial charge in [0.05, 0.1) is 18.4 Å². The van der Waals surface area contributed by atoms with Gasteiger partial charge in [0.1, 0.15) is 23.1 Å². The summed E-state index contributed by atoms with van der Waals surface area (Å²) in [6.07, 6.45) is 2.11. The maximum Gasteiger partial charge on any atom is 0.270 e. The molecule has 1 saturated heterocycles. The molecule has 1 aromatic heterocycles. The maximum atomic E-state index is 12.4. The van der Waals surface area contributed by atoms with Crippen molar-refractivity contribution in [1.29, 1.82) is 0 Å². The van der Waals surface area contributed by atoms with E-state index in [1.54, 1.807) is 13.0 Å². The van der Waals surface area contributed by atoms with Gasteiger partial charge in [0.15, 0.2) is 0 Å². The summed E-state index contributed by atoms with van der Waals surface area (Å²) in [7, 11) is 0. The molecule has 7 heteroatoms. The van der Waals surface area contributed by atoms with Crippen LogP contribution < -0.4 is 15.4 Å². The standard InChI is InChI=1S/C19H24N4O3/c1-3-25-17-9-5-4-8-15(17)23-18-11-16(21-13(2)22-18)19(24)20-12-14-7-6-10-26-14/h4-5,8-9,11,14H,3,6-7,10,12H2,1-2H3,(H,20,24)(H,21,22,23). The molecule has 1 aliphatic rings. The molecule has 138 valence electrons. The van der Waals surface area contributed by atoms with Crippen LogP contribution in [-0.2, 0) is 4.74 Å². The van der Waals surface area contributed by atoms with E-state index in [1.807, 2.05) is 31.2 Å². The van der Waals surface area contributed by atoms with Gasteiger partial charge in [-0.25, -0.2) is 9.97 Å². The second-order valence-electron chi connectivity index (χ2n) is 6.08. The highest BCUT2D eigenvalue weighted by atomic mass is 16.5. The molecular formula is C19H24N4O3. The first-order valence-electron chi connectivity index (χ1n) is 8.90. The number of ether oxygens (including phenoxy) is 2. The van der Waals surface area contributed by atoms with Gasteiger partial charge in [0, 0.05) is 19.2 Å². The Kier molecular flexibility index (Phi) is 6.01. The Morgan fingerprint density at radius 1 is 1.35 bits per heavy atom. The van der Waals surface area contributed by atoms with Crippen molar-refractivity contribution in [2.45, 2.75) is 32.8 Å². The highest BCUT2D eigenvalue weighted by molar-refractivity contribution is 5.93. The number of benzene rings is 1. The number of hydrogen-bond acceptors (Lipinski definition) is 6. The molecule has 1 atom stereocenters. The molecular weight excluding hydrogens is 332 g/mol. The van der Waals surface area contributed by atoms with Crippen molar-refractivity contribution < 1.29 is 14.3 Å². The van der Waals surface area contributed by atoms with E-state index in [0.29, 0.717) is 30.5 Å². The Balaban J connectivity index is 1.72. The second-order valence-corrected chi connectivity index (χ2v) is 6.08. The number of anilines is 2. The molecule has 0 radical (unpaired) electrons. The highest BCUT2D eigenvalue weighted by Gasteiger charge is 2.18. The van der Waals surface area contributed by atoms with E-state index in [-0.39, 0.29) is 12.0 Å². The summed E-state index contributed by atoms with van der Waals surface area (Å²) >= 11 is 0. The van der Waals surface area contributed by atoms with Crippen LogP contribution in [0.2, 0.25) is 0 Å². The molecule has 1 aliphatic heterocycles. The number of amides is 1. The highest BCUT2D eigenvalue weighted by Crippen LogP contribution is 2.26. The third-order valence-electron chi connectivity index (χ3n) is 4.03. The summed E-state index contributed by atoms with van der Waals surface area (Å²) in [6.45, 7) is 5.52. The van der Waals surface area contributed by atoms with E-state index >= 15 is 0 Å². The Labute approximate surface area is 153 Å². The first kappa shape index (κ1) is 18.1. The Morgan fingerprint density at radius 2 is 2.19 bits per heavy atom. The number of nitrogens with zero attached hydrogens (tertiary/aromatic N) is 2. The largest absolute Gasteiger partial charge is 0.492 e. The summed E-state index contributed by atoms with van der Waals surface area (Å²) in [4.78, 5) is 21.0. The monoisotopic (exact) mass is 356 g/mol. The zero-order valence-electron chi connectivity index (χ0n) is 15.1. The molecule has 1 fully saturated rings. The van der Waals surface area contributed by atoms with Crippen molar-refractivity contribution in [2.24, 2.45) is 0 Å². The van der Waals surface area contributed by atoms with E-state index in [1.165, 1.54) is 0 Å². The predicted molar refractivity (Wildman–Crippen MR) is 99.0 cm³/mol. The number of nitrogens with one attached hydrogen (secondary N) is 2. The van der Waals surface area contributed by atoms with Crippen LogP contribution in [0.3, 0.4) is 0 Å². The average Bonchev–Trinajstić information content (AvgIpc) is 3.15. The van der Waals surface area contributed by atoms with Gasteiger partial charge in [0.25, 0.3) is 5.91 Å². The van der Waals surface area contributed by atoms with Gasteiger partial charge >= 0.3 is 0 Å². The summed E-state index contributed by atoms with van der Waals surface area (Å²) in [6, 6.07) is 9.24. The van der Waals surface area contributed by atoms with Gasteiger partial charge in [-0.15, -0.1) is 0 Å². The van der Waals surface area contributed by atoms with E-state index < -0.39 is 0 Å². The minimum Gasteiger partial charge on any atom is -0.492 e. The lowest BCUT2D eigenvalue weighted by Gasteiger charge is -2.13. The van der Waals surface area contributed by atoms with Gasteiger partial charge in [0.2, 0.25) is 0 Å². The Morgan fingerprint density at radius 3 is 2.96 bits per heavy atom. The number of hydrogen-bond donors (Lipinski definition) is 2. The molecule has 0 bridgehead atoms. The summed E-state index contributed by atoms with van der Waals surface area (Å²) in [5, 5.41) is 6.09. The fourth-order valence-corrected chi connectivity index (χ4v) is 2.84. The van der Waals surface area contributed by atoms with Crippen molar-refractivity contribution in [2.75, 3.05) is 25.1 Å². The molecule has 2 heterocycles. The molecule has 1 aromatic carbocycles. The van der Waals surface area contributed by atoms with E-state index in [9.17, 15) is 4.79 Å². The lowest BCUT2D eigenvalue weighted by atomic mass is 10.2. The summed E-state index contributed by atoms with van der Waals surface area (Å²) in [5.41, 5.74) is 1.12. The van der Waals surface area contributed by atoms with Crippen LogP contribution in [-0.4, -0.2) is 41.7 Å². The van der Waals surface area contributed by atoms with Crippen molar-refractivity contribution in [3.8, 4) is 5.75 Å². The van der Waals surface area contributed by atoms with Crippen molar-refractivity contribution >= 4 is 17.4 Å². The van der Waals surface area contributed by atoms with Gasteiger partial charge in [-0.1, -0.05) is 12.1 Å². The minimum absolute atomic E-state index is 0.0950. The van der Waals surface area contributed by atoms with Crippen LogP contribution in [0.15, 0.2) is 30.3 Å². The third-order valence-corrected chi connectivity index (χ3v) is 4.03. The van der Waals surface area contributed by atoms with Crippen LogP contribution in [0, 0.1) is 6.92 Å². The van der Waals surface area contributed by atoms with Gasteiger partial charge in [-0.3, -0.25) is 4.79 Å². The SMILES string of the molecule is CCOc1ccccc1Nc1cc(C(=O)NCC2CCCO2)nc(C)n1. The number of carbonyl (C=O) groups is 1. The predicted octanol–water partition coefficient (Wildman–Crippen LogP) is 2.84. The zero-order valence-corrected chi connectivity index (χ0v) is 15.1. The Hall–Kier alpha value is -2.67. The topological polar surface area (TPSA) is 85.4 Å². The van der Waals surface area contributed by atoms with Crippen LogP contribution in [0.1, 0.15) is 36.1 Å². The van der Waals surface area contributed by atoms with Crippen molar-refractivity contribution in [3.63, 3.8) is 0 Å². The van der Waals surface area contributed by atoms with E-state index in [4.69, 9.17) is 9.47 Å². The molecule has 1 amide bonds. The van der Waals surface area contributed by atoms with Crippen LogP contribution in [0.5, 0.6) is 5.75 Å². The fraction of sp³-hybridized carbons (Fsp3) is 0.421. The Bertz CT molecular complexity index is 760. The molecule has 3 rings (SSSR count). The molecule has 0 aliphatic carbocycles. The average molecular weight is 356 g/mol. The third kappa shape index (κ3) is 4.70. The molecule has 2 N–H and O–H groups in total. The second kappa shape index (κ2) is 8.62. The number of rotatable bonds is 7. The van der Waals surface area contributed by atoms with Crippen molar-refractivity contribution in [1.82, 2.24) is 15.3 Å². The first-order chi connectivity index (χ1) is 12.7. The van der Waals surface area contributed by atoms with E-state index in [2.05, 4.69) is 20.6 Å².